The largest absolute Gasteiger partial charge is 0.383 e. The average molecular weight is 293 g/mol. The number of methoxy groups -OCH3 is 1. The molecule has 2 aromatic rings. The van der Waals surface area contributed by atoms with Crippen molar-refractivity contribution in [2.75, 3.05) is 20.3 Å². The summed E-state index contributed by atoms with van der Waals surface area (Å²) in [6.07, 6.45) is 3.89. The van der Waals surface area contributed by atoms with Gasteiger partial charge < -0.3 is 10.1 Å². The van der Waals surface area contributed by atoms with Crippen LogP contribution in [-0.4, -0.2) is 31.3 Å². The van der Waals surface area contributed by atoms with Crippen LogP contribution in [0.25, 0.3) is 10.9 Å². The summed E-state index contributed by atoms with van der Waals surface area (Å²) in [7, 11) is 1.74. The Kier molecular flexibility index (Phi) is 5.77. The van der Waals surface area contributed by atoms with Gasteiger partial charge >= 0.3 is 0 Å². The van der Waals surface area contributed by atoms with E-state index in [1.54, 1.807) is 7.11 Å². The van der Waals surface area contributed by atoms with E-state index in [1.807, 2.05) is 24.4 Å². The number of halogens is 1. The minimum atomic E-state index is 0.321. The molecular formula is C16H21ClN2O. The number of ether oxygens (including phenoxy) is 1. The van der Waals surface area contributed by atoms with Gasteiger partial charge in [0.15, 0.2) is 0 Å². The quantitative estimate of drug-likeness (QED) is 0.849. The number of nitrogens with one attached hydrogen (secondary N) is 1. The summed E-state index contributed by atoms with van der Waals surface area (Å²) in [5.74, 6) is 0. The molecule has 0 aliphatic heterocycles. The van der Waals surface area contributed by atoms with Gasteiger partial charge in [0.25, 0.3) is 0 Å². The smallest absolute Gasteiger partial charge is 0.0719 e. The van der Waals surface area contributed by atoms with E-state index in [2.05, 4.69) is 23.3 Å². The number of aromatic nitrogens is 1. The molecule has 0 spiro atoms. The molecule has 0 aliphatic carbocycles. The van der Waals surface area contributed by atoms with Gasteiger partial charge in [0, 0.05) is 29.8 Å². The van der Waals surface area contributed by atoms with Crippen molar-refractivity contribution in [1.29, 1.82) is 0 Å². The Morgan fingerprint density at radius 3 is 2.95 bits per heavy atom. The third kappa shape index (κ3) is 3.92. The SMILES string of the molecule is CCCNC(COC)Cc1ccnc2cc(Cl)ccc12. The van der Waals surface area contributed by atoms with Crippen LogP contribution in [0.5, 0.6) is 0 Å². The van der Waals surface area contributed by atoms with Crippen LogP contribution in [0, 0.1) is 0 Å². The van der Waals surface area contributed by atoms with Gasteiger partial charge in [0.2, 0.25) is 0 Å². The van der Waals surface area contributed by atoms with Crippen LogP contribution in [0.4, 0.5) is 0 Å². The molecule has 0 aliphatic rings. The van der Waals surface area contributed by atoms with Crippen LogP contribution >= 0.6 is 11.6 Å². The minimum Gasteiger partial charge on any atom is -0.383 e. The van der Waals surface area contributed by atoms with Crippen molar-refractivity contribution >= 4 is 22.5 Å². The third-order valence-corrected chi connectivity index (χ3v) is 3.55. The van der Waals surface area contributed by atoms with E-state index in [9.17, 15) is 0 Å². The fourth-order valence-electron chi connectivity index (χ4n) is 2.36. The maximum absolute atomic E-state index is 6.02. The van der Waals surface area contributed by atoms with E-state index >= 15 is 0 Å². The van der Waals surface area contributed by atoms with Crippen LogP contribution in [0.2, 0.25) is 5.02 Å². The lowest BCUT2D eigenvalue weighted by Gasteiger charge is -2.18. The number of nitrogens with zero attached hydrogens (tertiary/aromatic N) is 1. The standard InChI is InChI=1S/C16H21ClN2O/c1-3-7-18-14(11-20-2)9-12-6-8-19-16-10-13(17)4-5-15(12)16/h4-6,8,10,14,18H,3,7,9,11H2,1-2H3. The molecule has 108 valence electrons. The molecule has 1 aromatic carbocycles. The fraction of sp³-hybridized carbons (Fsp3) is 0.438. The predicted molar refractivity (Wildman–Crippen MR) is 84.4 cm³/mol. The van der Waals surface area contributed by atoms with Crippen molar-refractivity contribution in [2.24, 2.45) is 0 Å². The normalized spacial score (nSPS) is 12.8. The van der Waals surface area contributed by atoms with Gasteiger partial charge in [-0.15, -0.1) is 0 Å². The molecule has 1 aromatic heterocycles. The molecule has 0 bridgehead atoms. The van der Waals surface area contributed by atoms with E-state index < -0.39 is 0 Å². The lowest BCUT2D eigenvalue weighted by molar-refractivity contribution is 0.166. The first kappa shape index (κ1) is 15.2. The monoisotopic (exact) mass is 292 g/mol. The van der Waals surface area contributed by atoms with Gasteiger partial charge in [-0.2, -0.15) is 0 Å². The maximum Gasteiger partial charge on any atom is 0.0719 e. The molecule has 0 saturated heterocycles. The highest BCUT2D eigenvalue weighted by molar-refractivity contribution is 6.31. The summed E-state index contributed by atoms with van der Waals surface area (Å²) in [6.45, 7) is 3.88. The van der Waals surface area contributed by atoms with Crippen LogP contribution in [-0.2, 0) is 11.2 Å². The zero-order valence-electron chi connectivity index (χ0n) is 12.0. The molecule has 1 N–H and O–H groups in total. The summed E-state index contributed by atoms with van der Waals surface area (Å²) >= 11 is 6.02. The highest BCUT2D eigenvalue weighted by Gasteiger charge is 2.11. The third-order valence-electron chi connectivity index (χ3n) is 3.31. The van der Waals surface area contributed by atoms with E-state index in [0.29, 0.717) is 12.6 Å². The molecule has 1 unspecified atom stereocenters. The van der Waals surface area contributed by atoms with Crippen LogP contribution in [0.1, 0.15) is 18.9 Å². The molecule has 0 fully saturated rings. The Bertz CT molecular complexity index is 559. The maximum atomic E-state index is 6.02. The Hall–Kier alpha value is -1.16. The number of benzene rings is 1. The van der Waals surface area contributed by atoms with Crippen LogP contribution < -0.4 is 5.32 Å². The summed E-state index contributed by atoms with van der Waals surface area (Å²) in [5.41, 5.74) is 2.22. The predicted octanol–water partition coefficient (Wildman–Crippen LogP) is 3.45. The lowest BCUT2D eigenvalue weighted by Crippen LogP contribution is -2.35. The summed E-state index contributed by atoms with van der Waals surface area (Å²) in [6, 6.07) is 8.27. The Morgan fingerprint density at radius 2 is 2.20 bits per heavy atom. The molecule has 4 heteroatoms. The number of fused-ring (bicyclic) bond motifs is 1. The molecule has 0 saturated carbocycles. The number of pyridine rings is 1. The van der Waals surface area contributed by atoms with Crippen molar-refractivity contribution in [3.8, 4) is 0 Å². The van der Waals surface area contributed by atoms with Crippen LogP contribution in [0.15, 0.2) is 30.5 Å². The molecule has 2 rings (SSSR count). The molecule has 0 amide bonds. The van der Waals surface area contributed by atoms with Gasteiger partial charge in [-0.05, 0) is 43.1 Å². The topological polar surface area (TPSA) is 34.1 Å². The Morgan fingerprint density at radius 1 is 1.35 bits per heavy atom. The van der Waals surface area contributed by atoms with E-state index in [4.69, 9.17) is 16.3 Å². The second-order valence-corrected chi connectivity index (χ2v) is 5.38. The molecular weight excluding hydrogens is 272 g/mol. The van der Waals surface area contributed by atoms with Crippen LogP contribution in [0.3, 0.4) is 0 Å². The zero-order chi connectivity index (χ0) is 14.4. The zero-order valence-corrected chi connectivity index (χ0v) is 12.8. The van der Waals surface area contributed by atoms with Crippen molar-refractivity contribution in [3.63, 3.8) is 0 Å². The van der Waals surface area contributed by atoms with Gasteiger partial charge in [-0.1, -0.05) is 24.6 Å². The first-order chi connectivity index (χ1) is 9.74. The summed E-state index contributed by atoms with van der Waals surface area (Å²) in [4.78, 5) is 4.38. The number of hydrogen-bond donors (Lipinski definition) is 1. The van der Waals surface area contributed by atoms with Crippen molar-refractivity contribution in [1.82, 2.24) is 10.3 Å². The first-order valence-electron chi connectivity index (χ1n) is 7.00. The highest BCUT2D eigenvalue weighted by atomic mass is 35.5. The molecule has 1 atom stereocenters. The summed E-state index contributed by atoms with van der Waals surface area (Å²) < 4.78 is 5.31. The second kappa shape index (κ2) is 7.58. The van der Waals surface area contributed by atoms with E-state index in [1.165, 1.54) is 5.56 Å². The Labute approximate surface area is 125 Å². The molecule has 20 heavy (non-hydrogen) atoms. The van der Waals surface area contributed by atoms with Crippen molar-refractivity contribution in [3.05, 3.63) is 41.0 Å². The number of hydrogen-bond acceptors (Lipinski definition) is 3. The second-order valence-electron chi connectivity index (χ2n) is 4.94. The molecule has 3 nitrogen and oxygen atoms in total. The van der Waals surface area contributed by atoms with Gasteiger partial charge in [-0.3, -0.25) is 4.98 Å². The highest BCUT2D eigenvalue weighted by Crippen LogP contribution is 2.21. The Balaban J connectivity index is 2.22. The molecule has 0 radical (unpaired) electrons. The average Bonchev–Trinajstić information content (AvgIpc) is 2.45. The minimum absolute atomic E-state index is 0.321. The lowest BCUT2D eigenvalue weighted by atomic mass is 10.0. The van der Waals surface area contributed by atoms with E-state index in [-0.39, 0.29) is 0 Å². The van der Waals surface area contributed by atoms with E-state index in [0.717, 1.165) is 35.3 Å². The van der Waals surface area contributed by atoms with Gasteiger partial charge in [-0.25, -0.2) is 0 Å². The molecule has 1 heterocycles. The summed E-state index contributed by atoms with van der Waals surface area (Å²) in [5, 5.41) is 5.41. The fourth-order valence-corrected chi connectivity index (χ4v) is 2.53. The van der Waals surface area contributed by atoms with Gasteiger partial charge in [0.05, 0.1) is 12.1 Å². The van der Waals surface area contributed by atoms with Crippen molar-refractivity contribution < 1.29 is 4.74 Å². The first-order valence-corrected chi connectivity index (χ1v) is 7.38. The van der Waals surface area contributed by atoms with Gasteiger partial charge in [0.1, 0.15) is 0 Å². The number of rotatable bonds is 7. The van der Waals surface area contributed by atoms with Crippen molar-refractivity contribution in [2.45, 2.75) is 25.8 Å².